The van der Waals surface area contributed by atoms with E-state index in [4.69, 9.17) is 5.73 Å². The number of nitrogens with one attached hydrogen (secondary N) is 5. The van der Waals surface area contributed by atoms with Crippen LogP contribution in [0.3, 0.4) is 0 Å². The SMILES string of the molecule is CSCCC(NC(=O)C(Cc1c[nH]c2ccccc12)NC(=O)C(N)CS)C(=O)NC(Cc1c[nH]c2ccccc12)C(=O)O. The molecule has 0 aliphatic heterocycles. The quantitative estimate of drug-likeness (QED) is 0.0931. The summed E-state index contributed by atoms with van der Waals surface area (Å²) in [5, 5.41) is 19.8. The number of amides is 3. The van der Waals surface area contributed by atoms with Crippen LogP contribution in [-0.4, -0.2) is 80.7 Å². The van der Waals surface area contributed by atoms with Gasteiger partial charge in [-0.05, 0) is 41.7 Å². The molecule has 2 aromatic heterocycles. The van der Waals surface area contributed by atoms with Gasteiger partial charge in [-0.15, -0.1) is 0 Å². The van der Waals surface area contributed by atoms with E-state index < -0.39 is 47.9 Å². The van der Waals surface area contributed by atoms with Gasteiger partial charge in [0, 0.05) is 52.8 Å². The number of benzene rings is 2. The Morgan fingerprint density at radius 2 is 1.30 bits per heavy atom. The van der Waals surface area contributed by atoms with Gasteiger partial charge in [-0.3, -0.25) is 14.4 Å². The lowest BCUT2D eigenvalue weighted by atomic mass is 10.0. The second-order valence-electron chi connectivity index (χ2n) is 10.2. The maximum Gasteiger partial charge on any atom is 0.326 e. The number of H-pyrrole nitrogens is 2. The third kappa shape index (κ3) is 8.12. The van der Waals surface area contributed by atoms with Gasteiger partial charge in [0.2, 0.25) is 17.7 Å². The van der Waals surface area contributed by atoms with Crippen molar-refractivity contribution in [2.45, 2.75) is 43.4 Å². The molecule has 13 heteroatoms. The molecule has 43 heavy (non-hydrogen) atoms. The molecular weight excluding hydrogens is 589 g/mol. The molecule has 11 nitrogen and oxygen atoms in total. The van der Waals surface area contributed by atoms with E-state index in [2.05, 4.69) is 38.5 Å². The van der Waals surface area contributed by atoms with Gasteiger partial charge in [-0.25, -0.2) is 4.79 Å². The highest BCUT2D eigenvalue weighted by Crippen LogP contribution is 2.21. The number of thioether (sulfide) groups is 1. The summed E-state index contributed by atoms with van der Waals surface area (Å²) in [5.41, 5.74) is 9.15. The van der Waals surface area contributed by atoms with E-state index in [-0.39, 0.29) is 25.0 Å². The number of carboxylic acid groups (broad SMARTS) is 1. The third-order valence-electron chi connectivity index (χ3n) is 7.22. The van der Waals surface area contributed by atoms with Crippen molar-refractivity contribution in [1.82, 2.24) is 25.9 Å². The van der Waals surface area contributed by atoms with Crippen molar-refractivity contribution in [3.05, 3.63) is 72.1 Å². The summed E-state index contributed by atoms with van der Waals surface area (Å²) in [6.07, 6.45) is 5.81. The average Bonchev–Trinajstić information content (AvgIpc) is 3.61. The molecule has 0 fully saturated rings. The molecule has 0 saturated carbocycles. The molecule has 0 aliphatic rings. The molecule has 2 heterocycles. The monoisotopic (exact) mass is 624 g/mol. The van der Waals surface area contributed by atoms with Crippen LogP contribution in [0.2, 0.25) is 0 Å². The molecule has 228 valence electrons. The van der Waals surface area contributed by atoms with Crippen LogP contribution in [0, 0.1) is 0 Å². The molecule has 8 N–H and O–H groups in total. The number of aromatic nitrogens is 2. The molecule has 0 saturated heterocycles. The van der Waals surface area contributed by atoms with Crippen LogP contribution in [0.5, 0.6) is 0 Å². The van der Waals surface area contributed by atoms with Gasteiger partial charge in [0.15, 0.2) is 0 Å². The number of nitrogens with two attached hydrogens (primary N) is 1. The predicted octanol–water partition coefficient (Wildman–Crippen LogP) is 1.98. The van der Waals surface area contributed by atoms with Gasteiger partial charge in [-0.1, -0.05) is 36.4 Å². The highest BCUT2D eigenvalue weighted by Gasteiger charge is 2.31. The summed E-state index contributed by atoms with van der Waals surface area (Å²) in [5.74, 6) is -2.35. The van der Waals surface area contributed by atoms with Crippen molar-refractivity contribution in [3.63, 3.8) is 0 Å². The predicted molar refractivity (Wildman–Crippen MR) is 172 cm³/mol. The molecule has 0 bridgehead atoms. The zero-order valence-corrected chi connectivity index (χ0v) is 25.3. The molecule has 3 amide bonds. The first-order valence-electron chi connectivity index (χ1n) is 13.8. The zero-order chi connectivity index (χ0) is 30.9. The van der Waals surface area contributed by atoms with Gasteiger partial charge >= 0.3 is 5.97 Å². The number of carboxylic acids is 1. The molecule has 2 aromatic carbocycles. The molecule has 4 rings (SSSR count). The van der Waals surface area contributed by atoms with Crippen LogP contribution in [0.25, 0.3) is 21.8 Å². The van der Waals surface area contributed by atoms with Crippen LogP contribution < -0.4 is 21.7 Å². The Morgan fingerprint density at radius 3 is 1.84 bits per heavy atom. The van der Waals surface area contributed by atoms with E-state index in [1.54, 1.807) is 12.4 Å². The minimum absolute atomic E-state index is 0.0507. The van der Waals surface area contributed by atoms with E-state index in [1.807, 2.05) is 54.8 Å². The van der Waals surface area contributed by atoms with Gasteiger partial charge in [0.05, 0.1) is 6.04 Å². The molecule has 4 aromatic rings. The van der Waals surface area contributed by atoms with Gasteiger partial charge < -0.3 is 36.8 Å². The van der Waals surface area contributed by atoms with Gasteiger partial charge in [-0.2, -0.15) is 24.4 Å². The van der Waals surface area contributed by atoms with E-state index in [0.717, 1.165) is 32.9 Å². The minimum atomic E-state index is -1.23. The van der Waals surface area contributed by atoms with Crippen molar-refractivity contribution >= 4 is 69.9 Å². The fourth-order valence-electron chi connectivity index (χ4n) is 4.86. The van der Waals surface area contributed by atoms with Crippen molar-refractivity contribution in [2.24, 2.45) is 5.73 Å². The van der Waals surface area contributed by atoms with Crippen molar-refractivity contribution in [2.75, 3.05) is 17.8 Å². The van der Waals surface area contributed by atoms with Crippen LogP contribution >= 0.6 is 24.4 Å². The Morgan fingerprint density at radius 1 is 0.814 bits per heavy atom. The lowest BCUT2D eigenvalue weighted by Crippen LogP contribution is -2.58. The van der Waals surface area contributed by atoms with E-state index in [1.165, 1.54) is 11.8 Å². The summed E-state index contributed by atoms with van der Waals surface area (Å²) in [4.78, 5) is 58.3. The number of aliphatic carboxylic acids is 1. The highest BCUT2D eigenvalue weighted by atomic mass is 32.2. The second-order valence-corrected chi connectivity index (χ2v) is 11.6. The maximum absolute atomic E-state index is 13.6. The standard InChI is InChI=1S/C30H36N6O5S2/c1-43-11-10-24(28(38)36-26(30(40)41)13-18-15-33-23-9-5-3-7-20(18)23)34-29(39)25(35-27(37)21(31)16-42)12-17-14-32-22-8-4-2-6-19(17)22/h2-9,14-15,21,24-26,32-33,42H,10-13,16,31H2,1H3,(H,34,39)(H,35,37)(H,36,38)(H,40,41). The molecule has 0 aliphatic carbocycles. The first-order chi connectivity index (χ1) is 20.7. The molecule has 4 atom stereocenters. The summed E-state index contributed by atoms with van der Waals surface area (Å²) in [6.45, 7) is 0. The van der Waals surface area contributed by atoms with Crippen LogP contribution in [-0.2, 0) is 32.0 Å². The smallest absolute Gasteiger partial charge is 0.326 e. The lowest BCUT2D eigenvalue weighted by molar-refractivity contribution is -0.142. The minimum Gasteiger partial charge on any atom is -0.480 e. The van der Waals surface area contributed by atoms with Gasteiger partial charge in [0.1, 0.15) is 18.1 Å². The number of hydrogen-bond acceptors (Lipinski definition) is 7. The van der Waals surface area contributed by atoms with Crippen LogP contribution in [0.1, 0.15) is 17.5 Å². The van der Waals surface area contributed by atoms with Crippen molar-refractivity contribution < 1.29 is 24.3 Å². The normalized spacial score (nSPS) is 14.1. The number of para-hydroxylation sites is 2. The van der Waals surface area contributed by atoms with Crippen LogP contribution in [0.4, 0.5) is 0 Å². The largest absolute Gasteiger partial charge is 0.480 e. The fourth-order valence-corrected chi connectivity index (χ4v) is 5.50. The second kappa shape index (κ2) is 15.0. The third-order valence-corrected chi connectivity index (χ3v) is 8.26. The first-order valence-corrected chi connectivity index (χ1v) is 15.8. The van der Waals surface area contributed by atoms with E-state index in [0.29, 0.717) is 5.75 Å². The number of carbonyl (C=O) groups is 4. The summed E-state index contributed by atoms with van der Waals surface area (Å²) in [7, 11) is 0. The summed E-state index contributed by atoms with van der Waals surface area (Å²) in [6, 6.07) is 10.8. The Hall–Kier alpha value is -3.94. The Bertz CT molecular complexity index is 1590. The van der Waals surface area contributed by atoms with E-state index >= 15 is 0 Å². The number of thiol groups is 1. The van der Waals surface area contributed by atoms with Gasteiger partial charge in [0.25, 0.3) is 0 Å². The average molecular weight is 625 g/mol. The number of aromatic amines is 2. The number of fused-ring (bicyclic) bond motifs is 2. The molecule has 0 spiro atoms. The van der Waals surface area contributed by atoms with Crippen LogP contribution in [0.15, 0.2) is 60.9 Å². The maximum atomic E-state index is 13.6. The topological polar surface area (TPSA) is 182 Å². The Balaban J connectivity index is 1.52. The summed E-state index contributed by atoms with van der Waals surface area (Å²) < 4.78 is 0. The number of hydrogen-bond donors (Lipinski definition) is 8. The first kappa shape index (κ1) is 32.0. The van der Waals surface area contributed by atoms with Crippen molar-refractivity contribution in [3.8, 4) is 0 Å². The van der Waals surface area contributed by atoms with E-state index in [9.17, 15) is 24.3 Å². The fraction of sp³-hybridized carbons (Fsp3) is 0.333. The zero-order valence-electron chi connectivity index (χ0n) is 23.6. The number of rotatable bonds is 15. The Kier molecular flexibility index (Phi) is 11.1. The van der Waals surface area contributed by atoms with Crippen molar-refractivity contribution in [1.29, 1.82) is 0 Å². The number of carbonyl (C=O) groups excluding carboxylic acids is 3. The molecule has 4 unspecified atom stereocenters. The highest BCUT2D eigenvalue weighted by molar-refractivity contribution is 7.98. The Labute approximate surface area is 258 Å². The lowest BCUT2D eigenvalue weighted by Gasteiger charge is -2.25. The summed E-state index contributed by atoms with van der Waals surface area (Å²) >= 11 is 5.58. The molecular formula is C30H36N6O5S2. The molecule has 0 radical (unpaired) electrons.